The summed E-state index contributed by atoms with van der Waals surface area (Å²) in [5.41, 5.74) is 2.03. The van der Waals surface area contributed by atoms with Crippen molar-refractivity contribution in [1.29, 1.82) is 0 Å². The molecular formula is C16H23NO2S. The third-order valence-corrected chi connectivity index (χ3v) is 4.48. The Balaban J connectivity index is 1.99. The Morgan fingerprint density at radius 3 is 2.80 bits per heavy atom. The Kier molecular flexibility index (Phi) is 5.92. The minimum Gasteiger partial charge on any atom is -0.396 e. The molecule has 1 aliphatic heterocycles. The summed E-state index contributed by atoms with van der Waals surface area (Å²) in [6.45, 7) is 1.84. The van der Waals surface area contributed by atoms with Gasteiger partial charge in [-0.1, -0.05) is 12.1 Å². The van der Waals surface area contributed by atoms with E-state index in [2.05, 4.69) is 6.26 Å². The first-order chi connectivity index (χ1) is 9.74. The number of aliphatic hydroxyl groups excluding tert-OH is 1. The molecule has 0 aromatic heterocycles. The van der Waals surface area contributed by atoms with Crippen LogP contribution in [0.5, 0.6) is 0 Å². The molecule has 1 fully saturated rings. The van der Waals surface area contributed by atoms with Gasteiger partial charge in [-0.25, -0.2) is 0 Å². The van der Waals surface area contributed by atoms with Crippen molar-refractivity contribution in [2.75, 3.05) is 26.0 Å². The van der Waals surface area contributed by atoms with Crippen LogP contribution in [0.2, 0.25) is 0 Å². The molecule has 1 saturated heterocycles. The number of aliphatic hydroxyl groups is 1. The molecule has 1 amide bonds. The largest absolute Gasteiger partial charge is 0.396 e. The zero-order valence-electron chi connectivity index (χ0n) is 12.0. The average Bonchev–Trinajstić information content (AvgIpc) is 2.48. The third kappa shape index (κ3) is 4.00. The monoisotopic (exact) mass is 293 g/mol. The lowest BCUT2D eigenvalue weighted by molar-refractivity contribution is 0.0653. The number of amides is 1. The van der Waals surface area contributed by atoms with Crippen LogP contribution in [0.3, 0.4) is 0 Å². The molecule has 3 nitrogen and oxygen atoms in total. The standard InChI is InChI=1S/C16H23NO2S/c1-20-12-14-4-6-15(7-5-14)16(19)17-9-2-3-13(11-17)8-10-18/h4-7,13,18H,2-3,8-12H2,1H3. The lowest BCUT2D eigenvalue weighted by Gasteiger charge is -2.32. The first kappa shape index (κ1) is 15.4. The predicted molar refractivity (Wildman–Crippen MR) is 84.0 cm³/mol. The van der Waals surface area contributed by atoms with Gasteiger partial charge in [0, 0.05) is 31.0 Å². The lowest BCUT2D eigenvalue weighted by Crippen LogP contribution is -2.40. The summed E-state index contributed by atoms with van der Waals surface area (Å²) < 4.78 is 0. The van der Waals surface area contributed by atoms with E-state index in [-0.39, 0.29) is 12.5 Å². The van der Waals surface area contributed by atoms with Crippen LogP contribution < -0.4 is 0 Å². The quantitative estimate of drug-likeness (QED) is 0.907. The van der Waals surface area contributed by atoms with Gasteiger partial charge in [0.05, 0.1) is 0 Å². The van der Waals surface area contributed by atoms with Gasteiger partial charge in [-0.15, -0.1) is 0 Å². The molecule has 1 unspecified atom stereocenters. The van der Waals surface area contributed by atoms with Gasteiger partial charge in [-0.2, -0.15) is 11.8 Å². The second-order valence-electron chi connectivity index (χ2n) is 5.40. The molecule has 110 valence electrons. The summed E-state index contributed by atoms with van der Waals surface area (Å²) in [6, 6.07) is 7.95. The van der Waals surface area contributed by atoms with Crippen molar-refractivity contribution < 1.29 is 9.90 Å². The Hall–Kier alpha value is -1.00. The highest BCUT2D eigenvalue weighted by molar-refractivity contribution is 7.97. The highest BCUT2D eigenvalue weighted by Gasteiger charge is 2.23. The second kappa shape index (κ2) is 7.70. The molecule has 1 heterocycles. The van der Waals surface area contributed by atoms with Crippen molar-refractivity contribution >= 4 is 17.7 Å². The van der Waals surface area contributed by atoms with Gasteiger partial charge in [0.15, 0.2) is 0 Å². The van der Waals surface area contributed by atoms with E-state index < -0.39 is 0 Å². The maximum atomic E-state index is 12.5. The highest BCUT2D eigenvalue weighted by atomic mass is 32.2. The van der Waals surface area contributed by atoms with Crippen molar-refractivity contribution in [1.82, 2.24) is 4.90 Å². The number of nitrogens with zero attached hydrogens (tertiary/aromatic N) is 1. The van der Waals surface area contributed by atoms with Gasteiger partial charge < -0.3 is 10.0 Å². The first-order valence-corrected chi connectivity index (χ1v) is 8.62. The number of rotatable bonds is 5. The Labute approximate surface area is 125 Å². The molecule has 4 heteroatoms. The molecule has 0 saturated carbocycles. The van der Waals surface area contributed by atoms with E-state index in [0.717, 1.165) is 43.7 Å². The van der Waals surface area contributed by atoms with Crippen LogP contribution in [0.1, 0.15) is 35.2 Å². The SMILES string of the molecule is CSCc1ccc(C(=O)N2CCCC(CCO)C2)cc1. The molecule has 1 aliphatic rings. The van der Waals surface area contributed by atoms with Gasteiger partial charge in [0.1, 0.15) is 0 Å². The Morgan fingerprint density at radius 1 is 1.40 bits per heavy atom. The number of carbonyl (C=O) groups excluding carboxylic acids is 1. The second-order valence-corrected chi connectivity index (χ2v) is 6.27. The highest BCUT2D eigenvalue weighted by Crippen LogP contribution is 2.21. The van der Waals surface area contributed by atoms with Gasteiger partial charge in [0.25, 0.3) is 5.91 Å². The van der Waals surface area contributed by atoms with E-state index in [9.17, 15) is 4.79 Å². The molecule has 0 aliphatic carbocycles. The van der Waals surface area contributed by atoms with Crippen molar-refractivity contribution in [2.45, 2.75) is 25.0 Å². The lowest BCUT2D eigenvalue weighted by atomic mass is 9.94. The van der Waals surface area contributed by atoms with E-state index in [4.69, 9.17) is 5.11 Å². The predicted octanol–water partition coefficient (Wildman–Crippen LogP) is 2.78. The molecule has 1 aromatic carbocycles. The van der Waals surface area contributed by atoms with Crippen LogP contribution in [-0.4, -0.2) is 41.9 Å². The van der Waals surface area contributed by atoms with Crippen LogP contribution in [0, 0.1) is 5.92 Å². The summed E-state index contributed by atoms with van der Waals surface area (Å²) >= 11 is 1.78. The van der Waals surface area contributed by atoms with Gasteiger partial charge in [0.2, 0.25) is 0 Å². The summed E-state index contributed by atoms with van der Waals surface area (Å²) in [5, 5.41) is 9.04. The minimum atomic E-state index is 0.128. The van der Waals surface area contributed by atoms with Crippen molar-refractivity contribution in [3.63, 3.8) is 0 Å². The minimum absolute atomic E-state index is 0.128. The third-order valence-electron chi connectivity index (χ3n) is 3.86. The molecule has 2 rings (SSSR count). The molecule has 1 aromatic rings. The fourth-order valence-corrected chi connectivity index (χ4v) is 3.29. The molecule has 0 bridgehead atoms. The van der Waals surface area contributed by atoms with E-state index in [1.54, 1.807) is 11.8 Å². The molecule has 1 N–H and O–H groups in total. The smallest absolute Gasteiger partial charge is 0.253 e. The first-order valence-electron chi connectivity index (χ1n) is 7.22. The number of benzene rings is 1. The number of thioether (sulfide) groups is 1. The topological polar surface area (TPSA) is 40.5 Å². The Morgan fingerprint density at radius 2 is 2.15 bits per heavy atom. The average molecular weight is 293 g/mol. The fourth-order valence-electron chi connectivity index (χ4n) is 2.76. The van der Waals surface area contributed by atoms with Gasteiger partial charge in [-0.3, -0.25) is 4.79 Å². The van der Waals surface area contributed by atoms with Gasteiger partial charge in [-0.05, 0) is 49.1 Å². The zero-order valence-corrected chi connectivity index (χ0v) is 12.9. The normalized spacial score (nSPS) is 19.1. The zero-order chi connectivity index (χ0) is 14.4. The number of piperidine rings is 1. The molecular weight excluding hydrogens is 270 g/mol. The van der Waals surface area contributed by atoms with E-state index in [1.165, 1.54) is 5.56 Å². The Bertz CT molecular complexity index is 431. The van der Waals surface area contributed by atoms with Gasteiger partial charge >= 0.3 is 0 Å². The summed E-state index contributed by atoms with van der Waals surface area (Å²) in [7, 11) is 0. The van der Waals surface area contributed by atoms with Crippen molar-refractivity contribution in [2.24, 2.45) is 5.92 Å². The summed E-state index contributed by atoms with van der Waals surface area (Å²) in [6.07, 6.45) is 5.04. The maximum absolute atomic E-state index is 12.5. The van der Waals surface area contributed by atoms with Crippen LogP contribution in [-0.2, 0) is 5.75 Å². The van der Waals surface area contributed by atoms with E-state index >= 15 is 0 Å². The number of carbonyl (C=O) groups is 1. The molecule has 0 spiro atoms. The van der Waals surface area contributed by atoms with Crippen LogP contribution in [0.25, 0.3) is 0 Å². The van der Waals surface area contributed by atoms with E-state index in [0.29, 0.717) is 5.92 Å². The summed E-state index contributed by atoms with van der Waals surface area (Å²) in [4.78, 5) is 14.4. The fraction of sp³-hybridized carbons (Fsp3) is 0.562. The number of likely N-dealkylation sites (tertiary alicyclic amines) is 1. The number of hydrogen-bond donors (Lipinski definition) is 1. The summed E-state index contributed by atoms with van der Waals surface area (Å²) in [5.74, 6) is 1.56. The van der Waals surface area contributed by atoms with E-state index in [1.807, 2.05) is 29.2 Å². The van der Waals surface area contributed by atoms with Crippen molar-refractivity contribution in [3.8, 4) is 0 Å². The molecule has 20 heavy (non-hydrogen) atoms. The van der Waals surface area contributed by atoms with Crippen LogP contribution in [0.15, 0.2) is 24.3 Å². The van der Waals surface area contributed by atoms with Crippen molar-refractivity contribution in [3.05, 3.63) is 35.4 Å². The van der Waals surface area contributed by atoms with Crippen LogP contribution in [0.4, 0.5) is 0 Å². The maximum Gasteiger partial charge on any atom is 0.253 e. The van der Waals surface area contributed by atoms with Crippen LogP contribution >= 0.6 is 11.8 Å². The molecule has 0 radical (unpaired) electrons. The molecule has 1 atom stereocenters. The number of hydrogen-bond acceptors (Lipinski definition) is 3.